The average molecular weight is 525 g/mol. The van der Waals surface area contributed by atoms with E-state index >= 15 is 0 Å². The van der Waals surface area contributed by atoms with Gasteiger partial charge < -0.3 is 20.5 Å². The highest BCUT2D eigenvalue weighted by atomic mass is 79.9. The Balaban J connectivity index is 2.36. The summed E-state index contributed by atoms with van der Waals surface area (Å²) in [6.45, 7) is 3.49. The van der Waals surface area contributed by atoms with Crippen LogP contribution < -0.4 is 20.5 Å². The third-order valence-corrected chi connectivity index (χ3v) is 6.06. The number of rotatable bonds is 7. The Morgan fingerprint density at radius 3 is 2.48 bits per heavy atom. The number of nitrogens with zero attached hydrogens (tertiary/aromatic N) is 2. The first-order valence-corrected chi connectivity index (χ1v) is 10.8. The van der Waals surface area contributed by atoms with E-state index in [-0.39, 0.29) is 27.1 Å². The molecule has 1 heterocycles. The fourth-order valence-electron chi connectivity index (χ4n) is 2.06. The van der Waals surface area contributed by atoms with Crippen LogP contribution in [0.5, 0.6) is 5.75 Å². The van der Waals surface area contributed by atoms with Crippen molar-refractivity contribution < 1.29 is 18.3 Å². The number of aliphatic hydroxyl groups is 1. The standard InChI is InChI=1S/C15H19Br2N5O4S/c1-7(8(2)23)20-14-11(17)6-19-15(22-14)21-9-4-10(16)13(27(18,24)25)12(5-9)26-3/h4-8,23H,1-3H3,(H2,18,24,25)(H2,19,20,21,22)/t7-,8-/m1/s1. The quantitative estimate of drug-likeness (QED) is 0.433. The maximum absolute atomic E-state index is 11.7. The third kappa shape index (κ3) is 5.51. The molecule has 0 bridgehead atoms. The minimum Gasteiger partial charge on any atom is -0.495 e. The lowest BCUT2D eigenvalue weighted by Gasteiger charge is -2.18. The first kappa shape index (κ1) is 21.8. The molecule has 2 atom stereocenters. The lowest BCUT2D eigenvalue weighted by atomic mass is 10.2. The number of aromatic nitrogens is 2. The van der Waals surface area contributed by atoms with Gasteiger partial charge in [-0.15, -0.1) is 0 Å². The van der Waals surface area contributed by atoms with E-state index in [2.05, 4.69) is 52.5 Å². The Labute approximate surface area is 174 Å². The highest BCUT2D eigenvalue weighted by Gasteiger charge is 2.21. The van der Waals surface area contributed by atoms with Crippen LogP contribution in [0.15, 0.2) is 32.2 Å². The largest absolute Gasteiger partial charge is 0.495 e. The van der Waals surface area contributed by atoms with Crippen LogP contribution in [-0.2, 0) is 10.0 Å². The molecule has 27 heavy (non-hydrogen) atoms. The number of aliphatic hydroxyl groups excluding tert-OH is 1. The average Bonchev–Trinajstić information content (AvgIpc) is 2.55. The summed E-state index contributed by atoms with van der Waals surface area (Å²) in [7, 11) is -2.63. The molecule has 1 aromatic heterocycles. The summed E-state index contributed by atoms with van der Waals surface area (Å²) in [5, 5.41) is 20.9. The molecular weight excluding hydrogens is 506 g/mol. The second-order valence-corrected chi connectivity index (χ2v) is 8.93. The van der Waals surface area contributed by atoms with Crippen LogP contribution in [0.3, 0.4) is 0 Å². The van der Waals surface area contributed by atoms with Crippen molar-refractivity contribution in [2.24, 2.45) is 5.14 Å². The molecule has 0 fully saturated rings. The molecule has 2 rings (SSSR count). The minimum absolute atomic E-state index is 0.0764. The van der Waals surface area contributed by atoms with Gasteiger partial charge in [-0.2, -0.15) is 4.98 Å². The molecule has 0 unspecified atom stereocenters. The molecule has 148 valence electrons. The number of primary sulfonamides is 1. The van der Waals surface area contributed by atoms with E-state index in [1.54, 1.807) is 13.1 Å². The van der Waals surface area contributed by atoms with Crippen LogP contribution in [0, 0.1) is 0 Å². The van der Waals surface area contributed by atoms with Crippen molar-refractivity contribution in [3.05, 3.63) is 27.3 Å². The van der Waals surface area contributed by atoms with Gasteiger partial charge in [0.05, 0.1) is 23.7 Å². The lowest BCUT2D eigenvalue weighted by molar-refractivity contribution is 0.177. The molecular formula is C15H19Br2N5O4S. The number of hydrogen-bond acceptors (Lipinski definition) is 8. The Morgan fingerprint density at radius 2 is 1.93 bits per heavy atom. The van der Waals surface area contributed by atoms with E-state index < -0.39 is 16.1 Å². The normalized spacial score (nSPS) is 13.7. The molecule has 0 saturated carbocycles. The molecule has 5 N–H and O–H groups in total. The van der Waals surface area contributed by atoms with Gasteiger partial charge in [0, 0.05) is 22.4 Å². The first-order chi connectivity index (χ1) is 12.5. The van der Waals surface area contributed by atoms with Crippen molar-refractivity contribution in [2.75, 3.05) is 17.7 Å². The number of nitrogens with two attached hydrogens (primary N) is 1. The van der Waals surface area contributed by atoms with E-state index in [1.807, 2.05) is 6.92 Å². The first-order valence-electron chi connectivity index (χ1n) is 7.67. The molecule has 1 aromatic carbocycles. The Kier molecular flexibility index (Phi) is 7.03. The zero-order valence-electron chi connectivity index (χ0n) is 14.7. The van der Waals surface area contributed by atoms with E-state index in [0.29, 0.717) is 16.0 Å². The summed E-state index contributed by atoms with van der Waals surface area (Å²) in [6.07, 6.45) is 0.978. The molecule has 0 aliphatic carbocycles. The molecule has 12 heteroatoms. The van der Waals surface area contributed by atoms with E-state index in [0.717, 1.165) is 0 Å². The Morgan fingerprint density at radius 1 is 1.26 bits per heavy atom. The molecule has 0 amide bonds. The van der Waals surface area contributed by atoms with Crippen molar-refractivity contribution >= 4 is 59.3 Å². The maximum atomic E-state index is 11.7. The van der Waals surface area contributed by atoms with Crippen molar-refractivity contribution in [2.45, 2.75) is 30.9 Å². The second kappa shape index (κ2) is 8.69. The zero-order chi connectivity index (χ0) is 20.4. The van der Waals surface area contributed by atoms with Crippen LogP contribution >= 0.6 is 31.9 Å². The summed E-state index contributed by atoms with van der Waals surface area (Å²) < 4.78 is 29.5. The topological polar surface area (TPSA) is 139 Å². The van der Waals surface area contributed by atoms with Crippen molar-refractivity contribution in [1.29, 1.82) is 0 Å². The number of nitrogens with one attached hydrogen (secondary N) is 2. The zero-order valence-corrected chi connectivity index (χ0v) is 18.7. The number of anilines is 3. The highest BCUT2D eigenvalue weighted by Crippen LogP contribution is 2.35. The lowest BCUT2D eigenvalue weighted by Crippen LogP contribution is -2.28. The Bertz CT molecular complexity index is 940. The summed E-state index contributed by atoms with van der Waals surface area (Å²) >= 11 is 6.55. The number of benzene rings is 1. The van der Waals surface area contributed by atoms with Gasteiger partial charge in [0.1, 0.15) is 16.5 Å². The fraction of sp³-hybridized carbons (Fsp3) is 0.333. The Hall–Kier alpha value is -1.47. The molecule has 2 aromatic rings. The predicted molar refractivity (Wildman–Crippen MR) is 110 cm³/mol. The van der Waals surface area contributed by atoms with Crippen LogP contribution in [0.4, 0.5) is 17.5 Å². The maximum Gasteiger partial charge on any atom is 0.242 e. The number of hydrogen-bond donors (Lipinski definition) is 4. The van der Waals surface area contributed by atoms with Gasteiger partial charge in [0.2, 0.25) is 16.0 Å². The van der Waals surface area contributed by atoms with E-state index in [1.165, 1.54) is 19.2 Å². The van der Waals surface area contributed by atoms with Gasteiger partial charge in [-0.1, -0.05) is 0 Å². The number of sulfonamides is 1. The van der Waals surface area contributed by atoms with Crippen molar-refractivity contribution in [3.8, 4) is 5.75 Å². The summed E-state index contributed by atoms with van der Waals surface area (Å²) in [5.41, 5.74) is 0.489. The predicted octanol–water partition coefficient (Wildman–Crippen LogP) is 2.58. The summed E-state index contributed by atoms with van der Waals surface area (Å²) in [5.74, 6) is 0.830. The molecule has 0 aliphatic heterocycles. The van der Waals surface area contributed by atoms with Gasteiger partial charge in [-0.25, -0.2) is 18.5 Å². The number of halogens is 2. The van der Waals surface area contributed by atoms with Crippen molar-refractivity contribution in [1.82, 2.24) is 9.97 Å². The molecule has 0 saturated heterocycles. The highest BCUT2D eigenvalue weighted by molar-refractivity contribution is 9.10. The molecule has 0 radical (unpaired) electrons. The minimum atomic E-state index is -3.97. The fourth-order valence-corrected chi connectivity index (χ4v) is 4.24. The summed E-state index contributed by atoms with van der Waals surface area (Å²) in [6, 6.07) is 2.77. The van der Waals surface area contributed by atoms with Gasteiger partial charge >= 0.3 is 0 Å². The van der Waals surface area contributed by atoms with Crippen LogP contribution in [0.25, 0.3) is 0 Å². The van der Waals surface area contributed by atoms with Gasteiger partial charge in [-0.3, -0.25) is 0 Å². The van der Waals surface area contributed by atoms with Crippen LogP contribution in [-0.4, -0.2) is 42.7 Å². The van der Waals surface area contributed by atoms with Gasteiger partial charge in [0.25, 0.3) is 0 Å². The van der Waals surface area contributed by atoms with Gasteiger partial charge in [0.15, 0.2) is 0 Å². The van der Waals surface area contributed by atoms with Crippen molar-refractivity contribution in [3.63, 3.8) is 0 Å². The smallest absolute Gasteiger partial charge is 0.242 e. The van der Waals surface area contributed by atoms with E-state index in [4.69, 9.17) is 9.88 Å². The third-order valence-electron chi connectivity index (χ3n) is 3.60. The second-order valence-electron chi connectivity index (χ2n) is 5.72. The number of methoxy groups -OCH3 is 1. The van der Waals surface area contributed by atoms with Crippen LogP contribution in [0.1, 0.15) is 13.8 Å². The SMILES string of the molecule is COc1cc(Nc2ncc(Br)c(N[C@H](C)[C@@H](C)O)n2)cc(Br)c1S(N)(=O)=O. The van der Waals surface area contributed by atoms with E-state index in [9.17, 15) is 13.5 Å². The molecule has 0 spiro atoms. The van der Waals surface area contributed by atoms with Crippen LogP contribution in [0.2, 0.25) is 0 Å². The number of ether oxygens (including phenoxy) is 1. The molecule has 0 aliphatic rings. The summed E-state index contributed by atoms with van der Waals surface area (Å²) in [4.78, 5) is 8.38. The monoisotopic (exact) mass is 523 g/mol. The molecule has 9 nitrogen and oxygen atoms in total. The van der Waals surface area contributed by atoms with Gasteiger partial charge in [-0.05, 0) is 51.8 Å².